The topological polar surface area (TPSA) is 43.4 Å². The maximum Gasteiger partial charge on any atom is 0.305 e. The van der Waals surface area contributed by atoms with E-state index in [1.54, 1.807) is 0 Å². The predicted molar refractivity (Wildman–Crippen MR) is 62.0 cm³/mol. The van der Waals surface area contributed by atoms with Gasteiger partial charge in [-0.1, -0.05) is 25.8 Å². The number of esters is 1. The van der Waals surface area contributed by atoms with Gasteiger partial charge in [0.25, 0.3) is 0 Å². The van der Waals surface area contributed by atoms with Crippen molar-refractivity contribution in [2.24, 2.45) is 5.92 Å². The molecule has 1 fully saturated rings. The third-order valence-corrected chi connectivity index (χ3v) is 2.97. The first kappa shape index (κ1) is 12.9. The molecule has 16 heavy (non-hydrogen) atoms. The van der Waals surface area contributed by atoms with Crippen LogP contribution in [-0.4, -0.2) is 18.9 Å². The van der Waals surface area contributed by atoms with Crippen LogP contribution in [0.3, 0.4) is 0 Å². The van der Waals surface area contributed by atoms with Crippen molar-refractivity contribution < 1.29 is 14.3 Å². The number of methoxy groups -OCH3 is 1. The molecule has 0 aromatic rings. The van der Waals surface area contributed by atoms with E-state index < -0.39 is 0 Å². The fourth-order valence-electron chi connectivity index (χ4n) is 2.03. The number of unbranched alkanes of at least 4 members (excludes halogenated alkanes) is 2. The third kappa shape index (κ3) is 3.80. The molecule has 0 N–H and O–H groups in total. The SMILES string of the molecule is CCCC/C=C1\CC(CC(=O)OC)CC1=O. The number of carbonyl (C=O) groups excluding carboxylic acids is 2. The second-order valence-corrected chi connectivity index (χ2v) is 4.35. The largest absolute Gasteiger partial charge is 0.469 e. The quantitative estimate of drug-likeness (QED) is 0.409. The smallest absolute Gasteiger partial charge is 0.305 e. The first-order valence-corrected chi connectivity index (χ1v) is 5.96. The van der Waals surface area contributed by atoms with Gasteiger partial charge in [-0.2, -0.15) is 0 Å². The van der Waals surface area contributed by atoms with Crippen LogP contribution in [0.5, 0.6) is 0 Å². The average Bonchev–Trinajstić information content (AvgIpc) is 2.59. The Morgan fingerprint density at radius 3 is 2.88 bits per heavy atom. The summed E-state index contributed by atoms with van der Waals surface area (Å²) in [5.41, 5.74) is 0.919. The lowest BCUT2D eigenvalue weighted by atomic mass is 10.0. The average molecular weight is 224 g/mol. The van der Waals surface area contributed by atoms with E-state index in [1.165, 1.54) is 7.11 Å². The Balaban J connectivity index is 2.44. The number of allylic oxidation sites excluding steroid dienone is 2. The monoisotopic (exact) mass is 224 g/mol. The van der Waals surface area contributed by atoms with Crippen molar-refractivity contribution in [1.29, 1.82) is 0 Å². The van der Waals surface area contributed by atoms with Gasteiger partial charge in [0, 0.05) is 12.8 Å². The summed E-state index contributed by atoms with van der Waals surface area (Å²) in [6, 6.07) is 0. The van der Waals surface area contributed by atoms with Crippen molar-refractivity contribution in [2.45, 2.75) is 45.4 Å². The maximum absolute atomic E-state index is 11.6. The van der Waals surface area contributed by atoms with Gasteiger partial charge in [0.2, 0.25) is 0 Å². The lowest BCUT2D eigenvalue weighted by Crippen LogP contribution is -2.07. The lowest BCUT2D eigenvalue weighted by Gasteiger charge is -2.04. The fraction of sp³-hybridized carbons (Fsp3) is 0.692. The van der Waals surface area contributed by atoms with Gasteiger partial charge < -0.3 is 4.74 Å². The Hall–Kier alpha value is -1.12. The molecule has 1 aliphatic rings. The number of rotatable bonds is 5. The molecule has 1 atom stereocenters. The van der Waals surface area contributed by atoms with E-state index in [-0.39, 0.29) is 17.7 Å². The Labute approximate surface area is 96.9 Å². The van der Waals surface area contributed by atoms with Gasteiger partial charge in [0.05, 0.1) is 7.11 Å². The molecule has 1 unspecified atom stereocenters. The van der Waals surface area contributed by atoms with E-state index >= 15 is 0 Å². The first-order valence-electron chi connectivity index (χ1n) is 5.96. The fourth-order valence-corrected chi connectivity index (χ4v) is 2.03. The highest BCUT2D eigenvalue weighted by molar-refractivity contribution is 5.98. The number of Topliss-reactive ketones (excluding diaryl/α,β-unsaturated/α-hetero) is 1. The molecular formula is C13H20O3. The van der Waals surface area contributed by atoms with E-state index in [1.807, 2.05) is 6.08 Å². The summed E-state index contributed by atoms with van der Waals surface area (Å²) < 4.78 is 4.61. The highest BCUT2D eigenvalue weighted by Crippen LogP contribution is 2.30. The molecule has 0 radical (unpaired) electrons. The molecule has 3 heteroatoms. The number of hydrogen-bond donors (Lipinski definition) is 0. The molecule has 1 aliphatic carbocycles. The first-order chi connectivity index (χ1) is 7.67. The summed E-state index contributed by atoms with van der Waals surface area (Å²) in [7, 11) is 1.39. The summed E-state index contributed by atoms with van der Waals surface area (Å²) in [6.45, 7) is 2.13. The van der Waals surface area contributed by atoms with Crippen molar-refractivity contribution in [3.05, 3.63) is 11.6 Å². The Bertz CT molecular complexity index is 292. The molecule has 1 rings (SSSR count). The minimum Gasteiger partial charge on any atom is -0.469 e. The van der Waals surface area contributed by atoms with Crippen LogP contribution in [0.2, 0.25) is 0 Å². The molecule has 0 aliphatic heterocycles. The lowest BCUT2D eigenvalue weighted by molar-refractivity contribution is -0.141. The summed E-state index contributed by atoms with van der Waals surface area (Å²) in [5, 5.41) is 0. The number of carbonyl (C=O) groups is 2. The summed E-state index contributed by atoms with van der Waals surface area (Å²) in [4.78, 5) is 22.7. The molecule has 0 aromatic carbocycles. The molecule has 90 valence electrons. The zero-order valence-corrected chi connectivity index (χ0v) is 10.1. The van der Waals surface area contributed by atoms with Gasteiger partial charge in [-0.3, -0.25) is 9.59 Å². The number of hydrogen-bond acceptors (Lipinski definition) is 3. The summed E-state index contributed by atoms with van der Waals surface area (Å²) in [6.07, 6.45) is 6.91. The van der Waals surface area contributed by atoms with Crippen molar-refractivity contribution in [3.8, 4) is 0 Å². The van der Waals surface area contributed by atoms with Gasteiger partial charge in [0.1, 0.15) is 0 Å². The van der Waals surface area contributed by atoms with Crippen LogP contribution in [0.25, 0.3) is 0 Å². The van der Waals surface area contributed by atoms with E-state index in [0.29, 0.717) is 12.8 Å². The number of ketones is 1. The van der Waals surface area contributed by atoms with Crippen molar-refractivity contribution >= 4 is 11.8 Å². The third-order valence-electron chi connectivity index (χ3n) is 2.97. The van der Waals surface area contributed by atoms with Crippen molar-refractivity contribution in [3.63, 3.8) is 0 Å². The molecule has 1 saturated carbocycles. The molecule has 3 nitrogen and oxygen atoms in total. The molecule has 0 aromatic heterocycles. The normalized spacial score (nSPS) is 22.8. The zero-order chi connectivity index (χ0) is 12.0. The van der Waals surface area contributed by atoms with Crippen LogP contribution >= 0.6 is 0 Å². The van der Waals surface area contributed by atoms with Crippen molar-refractivity contribution in [2.75, 3.05) is 7.11 Å². The molecule has 0 heterocycles. The van der Waals surface area contributed by atoms with Gasteiger partial charge in [-0.05, 0) is 24.3 Å². The van der Waals surface area contributed by atoms with Crippen LogP contribution in [0.1, 0.15) is 45.4 Å². The van der Waals surface area contributed by atoms with Crippen LogP contribution in [0.15, 0.2) is 11.6 Å². The molecule has 0 spiro atoms. The Kier molecular flexibility index (Phi) is 5.23. The summed E-state index contributed by atoms with van der Waals surface area (Å²) >= 11 is 0. The van der Waals surface area contributed by atoms with Crippen LogP contribution < -0.4 is 0 Å². The molecular weight excluding hydrogens is 204 g/mol. The minimum atomic E-state index is -0.215. The van der Waals surface area contributed by atoms with Gasteiger partial charge >= 0.3 is 5.97 Å². The Morgan fingerprint density at radius 2 is 2.25 bits per heavy atom. The van der Waals surface area contributed by atoms with Crippen LogP contribution in [0, 0.1) is 5.92 Å². The summed E-state index contributed by atoms with van der Waals surface area (Å²) in [5.74, 6) is 0.158. The molecule has 0 saturated heterocycles. The molecule has 0 amide bonds. The van der Waals surface area contributed by atoms with Gasteiger partial charge in [-0.25, -0.2) is 0 Å². The molecule has 0 bridgehead atoms. The van der Waals surface area contributed by atoms with Gasteiger partial charge in [-0.15, -0.1) is 0 Å². The zero-order valence-electron chi connectivity index (χ0n) is 10.1. The Morgan fingerprint density at radius 1 is 1.50 bits per heavy atom. The standard InChI is InChI=1S/C13H20O3/c1-3-4-5-6-11-7-10(8-12(11)14)9-13(15)16-2/h6,10H,3-5,7-9H2,1-2H3/b11-6+. The van der Waals surface area contributed by atoms with E-state index in [4.69, 9.17) is 0 Å². The van der Waals surface area contributed by atoms with E-state index in [0.717, 1.165) is 31.3 Å². The van der Waals surface area contributed by atoms with E-state index in [2.05, 4.69) is 11.7 Å². The van der Waals surface area contributed by atoms with Crippen molar-refractivity contribution in [1.82, 2.24) is 0 Å². The van der Waals surface area contributed by atoms with Crippen LogP contribution in [0.4, 0.5) is 0 Å². The minimum absolute atomic E-state index is 0.160. The second kappa shape index (κ2) is 6.46. The highest BCUT2D eigenvalue weighted by Gasteiger charge is 2.28. The maximum atomic E-state index is 11.6. The highest BCUT2D eigenvalue weighted by atomic mass is 16.5. The van der Waals surface area contributed by atoms with Gasteiger partial charge in [0.15, 0.2) is 5.78 Å². The van der Waals surface area contributed by atoms with E-state index in [9.17, 15) is 9.59 Å². The number of ether oxygens (including phenoxy) is 1. The van der Waals surface area contributed by atoms with Crippen LogP contribution in [-0.2, 0) is 14.3 Å². The predicted octanol–water partition coefficient (Wildman–Crippen LogP) is 2.65. The second-order valence-electron chi connectivity index (χ2n) is 4.35.